The molecule has 18 heavy (non-hydrogen) atoms. The van der Waals surface area contributed by atoms with Gasteiger partial charge in [-0.25, -0.2) is 0 Å². The van der Waals surface area contributed by atoms with Crippen LogP contribution in [0.4, 0.5) is 0 Å². The maximum Gasteiger partial charge on any atom is 0.0612 e. The predicted octanol–water partition coefficient (Wildman–Crippen LogP) is 2.39. The van der Waals surface area contributed by atoms with Crippen molar-refractivity contribution in [1.29, 1.82) is 0 Å². The molecule has 1 rings (SSSR count). The Morgan fingerprint density at radius 1 is 1.11 bits per heavy atom. The van der Waals surface area contributed by atoms with Gasteiger partial charge >= 0.3 is 0 Å². The Morgan fingerprint density at radius 3 is 2.61 bits per heavy atom. The first-order valence-electron chi connectivity index (χ1n) is 7.79. The Hall–Kier alpha value is -0.120. The van der Waals surface area contributed by atoms with Crippen LogP contribution in [0.2, 0.25) is 0 Å². The van der Waals surface area contributed by atoms with Crippen LogP contribution in [-0.2, 0) is 0 Å². The summed E-state index contributed by atoms with van der Waals surface area (Å²) in [6, 6.07) is 0. The van der Waals surface area contributed by atoms with E-state index in [-0.39, 0.29) is 5.54 Å². The number of aliphatic hydroxyl groups is 1. The van der Waals surface area contributed by atoms with E-state index in [1.165, 1.54) is 38.5 Å². The zero-order valence-electron chi connectivity index (χ0n) is 12.4. The van der Waals surface area contributed by atoms with Gasteiger partial charge < -0.3 is 10.4 Å². The fourth-order valence-electron chi connectivity index (χ4n) is 2.83. The third kappa shape index (κ3) is 5.25. The van der Waals surface area contributed by atoms with Gasteiger partial charge in [-0.05, 0) is 26.3 Å². The molecule has 1 heterocycles. The van der Waals surface area contributed by atoms with E-state index in [9.17, 15) is 5.11 Å². The van der Waals surface area contributed by atoms with Crippen molar-refractivity contribution in [2.75, 3.05) is 32.8 Å². The summed E-state index contributed by atoms with van der Waals surface area (Å²) in [5.74, 6) is 0. The SMILES string of the molecule is CCCCCCCC(C)(CO)N1CCCNCC1. The Bertz CT molecular complexity index is 203. The van der Waals surface area contributed by atoms with Crippen molar-refractivity contribution in [3.63, 3.8) is 0 Å². The lowest BCUT2D eigenvalue weighted by molar-refractivity contribution is 0.0388. The number of hydrogen-bond donors (Lipinski definition) is 2. The van der Waals surface area contributed by atoms with E-state index < -0.39 is 0 Å². The van der Waals surface area contributed by atoms with Gasteiger partial charge in [0.05, 0.1) is 6.61 Å². The van der Waals surface area contributed by atoms with E-state index >= 15 is 0 Å². The van der Waals surface area contributed by atoms with Gasteiger partial charge in [0.2, 0.25) is 0 Å². The van der Waals surface area contributed by atoms with Crippen LogP contribution in [0.3, 0.4) is 0 Å². The van der Waals surface area contributed by atoms with Gasteiger partial charge in [0.15, 0.2) is 0 Å². The number of aliphatic hydroxyl groups excluding tert-OH is 1. The molecular weight excluding hydrogens is 224 g/mol. The summed E-state index contributed by atoms with van der Waals surface area (Å²) in [5.41, 5.74) is -0.00175. The van der Waals surface area contributed by atoms with Gasteiger partial charge in [-0.1, -0.05) is 39.0 Å². The van der Waals surface area contributed by atoms with Crippen LogP contribution in [0.1, 0.15) is 58.8 Å². The summed E-state index contributed by atoms with van der Waals surface area (Å²) in [6.45, 7) is 9.16. The zero-order valence-corrected chi connectivity index (χ0v) is 12.4. The van der Waals surface area contributed by atoms with Gasteiger partial charge in [-0.15, -0.1) is 0 Å². The summed E-state index contributed by atoms with van der Waals surface area (Å²) >= 11 is 0. The number of hydrogen-bond acceptors (Lipinski definition) is 3. The van der Waals surface area contributed by atoms with E-state index in [0.717, 1.165) is 32.6 Å². The standard InChI is InChI=1S/C15H32N2O/c1-3-4-5-6-7-9-15(2,14-18)17-12-8-10-16-11-13-17/h16,18H,3-14H2,1-2H3. The third-order valence-corrected chi connectivity index (χ3v) is 4.26. The van der Waals surface area contributed by atoms with E-state index in [1.807, 2.05) is 0 Å². The summed E-state index contributed by atoms with van der Waals surface area (Å²) in [4.78, 5) is 2.49. The van der Waals surface area contributed by atoms with Crippen molar-refractivity contribution < 1.29 is 5.11 Å². The maximum absolute atomic E-state index is 9.77. The van der Waals surface area contributed by atoms with Crippen LogP contribution in [0.15, 0.2) is 0 Å². The lowest BCUT2D eigenvalue weighted by Gasteiger charge is -2.39. The lowest BCUT2D eigenvalue weighted by Crippen LogP contribution is -2.50. The van der Waals surface area contributed by atoms with Gasteiger partial charge in [-0.2, -0.15) is 0 Å². The van der Waals surface area contributed by atoms with E-state index in [0.29, 0.717) is 6.61 Å². The highest BCUT2D eigenvalue weighted by atomic mass is 16.3. The molecule has 1 aliphatic heterocycles. The molecule has 108 valence electrons. The first kappa shape index (κ1) is 15.9. The molecule has 3 heteroatoms. The minimum Gasteiger partial charge on any atom is -0.394 e. The highest BCUT2D eigenvalue weighted by Gasteiger charge is 2.30. The van der Waals surface area contributed by atoms with Crippen LogP contribution in [0.5, 0.6) is 0 Å². The number of nitrogens with zero attached hydrogens (tertiary/aromatic N) is 1. The van der Waals surface area contributed by atoms with Gasteiger partial charge in [-0.3, -0.25) is 4.90 Å². The molecule has 0 radical (unpaired) electrons. The minimum atomic E-state index is -0.00175. The molecule has 3 nitrogen and oxygen atoms in total. The van der Waals surface area contributed by atoms with Crippen LogP contribution < -0.4 is 5.32 Å². The smallest absolute Gasteiger partial charge is 0.0612 e. The van der Waals surface area contributed by atoms with Crippen LogP contribution in [0.25, 0.3) is 0 Å². The second kappa shape index (κ2) is 8.89. The molecule has 0 aromatic rings. The average molecular weight is 256 g/mol. The second-order valence-electron chi connectivity index (χ2n) is 5.91. The van der Waals surface area contributed by atoms with Gasteiger partial charge in [0, 0.05) is 25.2 Å². The average Bonchev–Trinajstić information content (AvgIpc) is 2.67. The number of nitrogens with one attached hydrogen (secondary N) is 1. The fourth-order valence-corrected chi connectivity index (χ4v) is 2.83. The summed E-state index contributed by atoms with van der Waals surface area (Å²) in [5, 5.41) is 13.2. The van der Waals surface area contributed by atoms with Crippen LogP contribution in [-0.4, -0.2) is 48.3 Å². The lowest BCUT2D eigenvalue weighted by atomic mass is 9.92. The van der Waals surface area contributed by atoms with Crippen molar-refractivity contribution >= 4 is 0 Å². The molecular formula is C15H32N2O. The van der Waals surface area contributed by atoms with E-state index in [1.54, 1.807) is 0 Å². The molecule has 0 saturated carbocycles. The highest BCUT2D eigenvalue weighted by Crippen LogP contribution is 2.23. The van der Waals surface area contributed by atoms with Crippen molar-refractivity contribution in [2.45, 2.75) is 64.3 Å². The number of unbranched alkanes of at least 4 members (excludes halogenated alkanes) is 4. The summed E-state index contributed by atoms with van der Waals surface area (Å²) in [7, 11) is 0. The van der Waals surface area contributed by atoms with Crippen molar-refractivity contribution in [3.05, 3.63) is 0 Å². The van der Waals surface area contributed by atoms with Gasteiger partial charge in [0.1, 0.15) is 0 Å². The minimum absolute atomic E-state index is 0.00175. The highest BCUT2D eigenvalue weighted by molar-refractivity contribution is 4.87. The van der Waals surface area contributed by atoms with E-state index in [4.69, 9.17) is 0 Å². The van der Waals surface area contributed by atoms with Crippen LogP contribution in [0, 0.1) is 0 Å². The first-order valence-corrected chi connectivity index (χ1v) is 7.79. The third-order valence-electron chi connectivity index (χ3n) is 4.26. The maximum atomic E-state index is 9.77. The Balaban J connectivity index is 2.34. The Labute approximate surface area is 113 Å². The quantitative estimate of drug-likeness (QED) is 0.655. The molecule has 1 fully saturated rings. The largest absolute Gasteiger partial charge is 0.394 e. The fraction of sp³-hybridized carbons (Fsp3) is 1.00. The molecule has 0 bridgehead atoms. The first-order chi connectivity index (χ1) is 8.73. The predicted molar refractivity (Wildman–Crippen MR) is 77.9 cm³/mol. The van der Waals surface area contributed by atoms with Crippen molar-refractivity contribution in [2.24, 2.45) is 0 Å². The normalized spacial score (nSPS) is 21.5. The molecule has 0 aromatic heterocycles. The molecule has 0 aliphatic carbocycles. The monoisotopic (exact) mass is 256 g/mol. The van der Waals surface area contributed by atoms with Crippen LogP contribution >= 0.6 is 0 Å². The summed E-state index contributed by atoms with van der Waals surface area (Å²) in [6.07, 6.45) is 8.90. The molecule has 0 spiro atoms. The molecule has 1 aliphatic rings. The Morgan fingerprint density at radius 2 is 1.89 bits per heavy atom. The molecule has 2 N–H and O–H groups in total. The topological polar surface area (TPSA) is 35.5 Å². The summed E-state index contributed by atoms with van der Waals surface area (Å²) < 4.78 is 0. The number of rotatable bonds is 8. The molecule has 0 amide bonds. The van der Waals surface area contributed by atoms with Crippen molar-refractivity contribution in [1.82, 2.24) is 10.2 Å². The molecule has 1 unspecified atom stereocenters. The molecule has 1 saturated heterocycles. The van der Waals surface area contributed by atoms with E-state index in [2.05, 4.69) is 24.1 Å². The molecule has 1 atom stereocenters. The van der Waals surface area contributed by atoms with Crippen molar-refractivity contribution in [3.8, 4) is 0 Å². The van der Waals surface area contributed by atoms with Gasteiger partial charge in [0.25, 0.3) is 0 Å². The zero-order chi connectivity index (χ0) is 13.3. The second-order valence-corrected chi connectivity index (χ2v) is 5.91. The molecule has 0 aromatic carbocycles. The Kier molecular flexibility index (Phi) is 7.87.